The van der Waals surface area contributed by atoms with Gasteiger partial charge < -0.3 is 5.32 Å². The van der Waals surface area contributed by atoms with Crippen LogP contribution in [0, 0.1) is 5.92 Å². The lowest BCUT2D eigenvalue weighted by Crippen LogP contribution is -2.50. The minimum absolute atomic E-state index is 0.106. The van der Waals surface area contributed by atoms with Crippen LogP contribution in [0.4, 0.5) is 0 Å². The highest BCUT2D eigenvalue weighted by Crippen LogP contribution is 2.24. The zero-order chi connectivity index (χ0) is 19.3. The Kier molecular flexibility index (Phi) is 7.14. The highest BCUT2D eigenvalue weighted by atomic mass is 35.5. The van der Waals surface area contributed by atoms with E-state index in [1.54, 1.807) is 10.4 Å². The Labute approximate surface area is 167 Å². The number of halogens is 1. The number of piperidine rings is 1. The van der Waals surface area contributed by atoms with Crippen molar-refractivity contribution in [3.63, 3.8) is 0 Å². The molecule has 2 heterocycles. The van der Waals surface area contributed by atoms with Crippen molar-refractivity contribution < 1.29 is 13.2 Å². The highest BCUT2D eigenvalue weighted by molar-refractivity contribution is 7.86. The van der Waals surface area contributed by atoms with Gasteiger partial charge in [0, 0.05) is 37.7 Å². The second-order valence-electron chi connectivity index (χ2n) is 7.33. The number of rotatable bonds is 5. The van der Waals surface area contributed by atoms with E-state index in [9.17, 15) is 13.2 Å². The lowest BCUT2D eigenvalue weighted by Gasteiger charge is -2.34. The molecule has 0 bridgehead atoms. The van der Waals surface area contributed by atoms with Crippen molar-refractivity contribution in [2.45, 2.75) is 45.1 Å². The molecule has 2 saturated heterocycles. The quantitative estimate of drug-likeness (QED) is 0.806. The van der Waals surface area contributed by atoms with E-state index in [0.717, 1.165) is 31.2 Å². The first-order valence-corrected chi connectivity index (χ1v) is 11.5. The van der Waals surface area contributed by atoms with Gasteiger partial charge in [-0.05, 0) is 37.3 Å². The molecule has 0 aliphatic carbocycles. The predicted molar refractivity (Wildman–Crippen MR) is 107 cm³/mol. The van der Waals surface area contributed by atoms with Gasteiger partial charge in [0.05, 0.1) is 5.92 Å². The van der Waals surface area contributed by atoms with E-state index in [4.69, 9.17) is 11.6 Å². The average Bonchev–Trinajstić information content (AvgIpc) is 2.97. The lowest BCUT2D eigenvalue weighted by atomic mass is 9.99. The average molecular weight is 414 g/mol. The number of hydrogen-bond donors (Lipinski definition) is 1. The minimum Gasteiger partial charge on any atom is -0.352 e. The molecule has 1 aromatic rings. The molecular weight excluding hydrogens is 386 g/mol. The molecular formula is C19H28ClN3O3S. The molecule has 8 heteroatoms. The number of nitrogens with one attached hydrogen (secondary N) is 1. The molecule has 0 radical (unpaired) electrons. The normalized spacial score (nSPS) is 22.9. The molecule has 27 heavy (non-hydrogen) atoms. The fraction of sp³-hybridized carbons (Fsp3) is 0.632. The van der Waals surface area contributed by atoms with Crippen LogP contribution >= 0.6 is 11.6 Å². The van der Waals surface area contributed by atoms with Crippen LogP contribution in [0.25, 0.3) is 0 Å². The van der Waals surface area contributed by atoms with Gasteiger partial charge in [0.1, 0.15) is 0 Å². The summed E-state index contributed by atoms with van der Waals surface area (Å²) in [5, 5.41) is 3.53. The third kappa shape index (κ3) is 5.22. The molecule has 0 saturated carbocycles. The van der Waals surface area contributed by atoms with Crippen molar-refractivity contribution in [3.8, 4) is 0 Å². The lowest BCUT2D eigenvalue weighted by molar-refractivity contribution is -0.126. The fourth-order valence-corrected chi connectivity index (χ4v) is 5.75. The Morgan fingerprint density at radius 3 is 2.41 bits per heavy atom. The number of carbonyl (C=O) groups excluding carboxylic acids is 1. The van der Waals surface area contributed by atoms with Crippen LogP contribution in [0.5, 0.6) is 0 Å². The number of amides is 1. The van der Waals surface area contributed by atoms with Gasteiger partial charge in [-0.3, -0.25) is 4.79 Å². The van der Waals surface area contributed by atoms with E-state index < -0.39 is 10.2 Å². The summed E-state index contributed by atoms with van der Waals surface area (Å²) < 4.78 is 29.1. The maximum Gasteiger partial charge on any atom is 0.281 e. The van der Waals surface area contributed by atoms with Crippen LogP contribution in [-0.4, -0.2) is 49.1 Å². The van der Waals surface area contributed by atoms with E-state index in [1.807, 2.05) is 18.2 Å². The molecule has 6 nitrogen and oxygen atoms in total. The van der Waals surface area contributed by atoms with Crippen molar-refractivity contribution >= 4 is 27.7 Å². The molecule has 150 valence electrons. The molecule has 1 aromatic carbocycles. The van der Waals surface area contributed by atoms with Crippen LogP contribution in [0.1, 0.15) is 44.1 Å². The van der Waals surface area contributed by atoms with E-state index >= 15 is 0 Å². The summed E-state index contributed by atoms with van der Waals surface area (Å²) in [5.41, 5.74) is 0.859. The first-order valence-electron chi connectivity index (χ1n) is 9.75. The number of nitrogens with zero attached hydrogens (tertiary/aromatic N) is 2. The van der Waals surface area contributed by atoms with Gasteiger partial charge in [-0.15, -0.1) is 0 Å². The Morgan fingerprint density at radius 1 is 1.04 bits per heavy atom. The maximum atomic E-state index is 13.0. The first-order chi connectivity index (χ1) is 13.0. The van der Waals surface area contributed by atoms with E-state index in [-0.39, 0.29) is 18.4 Å². The zero-order valence-corrected chi connectivity index (χ0v) is 17.1. The SMILES string of the molecule is O=C(NCc1ccccc1Cl)[C@@H]1CCCN(S(=O)(=O)N2CCCCCC2)C1. The van der Waals surface area contributed by atoms with E-state index in [1.165, 1.54) is 4.31 Å². The topological polar surface area (TPSA) is 69.7 Å². The largest absolute Gasteiger partial charge is 0.352 e. The third-order valence-corrected chi connectivity index (χ3v) is 7.75. The molecule has 1 atom stereocenters. The Hall–Kier alpha value is -1.15. The smallest absolute Gasteiger partial charge is 0.281 e. The van der Waals surface area contributed by atoms with Crippen LogP contribution in [0.3, 0.4) is 0 Å². The van der Waals surface area contributed by atoms with Gasteiger partial charge >= 0.3 is 0 Å². The summed E-state index contributed by atoms with van der Waals surface area (Å²) in [5.74, 6) is -0.423. The molecule has 2 aliphatic heterocycles. The van der Waals surface area contributed by atoms with Gasteiger partial charge in [-0.1, -0.05) is 42.6 Å². The molecule has 1 amide bonds. The van der Waals surface area contributed by atoms with Crippen molar-refractivity contribution in [1.29, 1.82) is 0 Å². The Morgan fingerprint density at radius 2 is 1.70 bits per heavy atom. The molecule has 0 aromatic heterocycles. The maximum absolute atomic E-state index is 13.0. The van der Waals surface area contributed by atoms with Crippen LogP contribution < -0.4 is 5.32 Å². The van der Waals surface area contributed by atoms with Gasteiger partial charge in [0.15, 0.2) is 0 Å². The number of carbonyl (C=O) groups is 1. The standard InChI is InChI=1S/C19H28ClN3O3S/c20-18-10-4-3-8-16(18)14-21-19(24)17-9-7-13-23(15-17)27(25,26)22-11-5-1-2-6-12-22/h3-4,8,10,17H,1-2,5-7,9,11-15H2,(H,21,24)/t17-/m1/s1. The minimum atomic E-state index is -3.48. The number of hydrogen-bond acceptors (Lipinski definition) is 3. The second kappa shape index (κ2) is 9.37. The van der Waals surface area contributed by atoms with Crippen molar-refractivity contribution in [2.75, 3.05) is 26.2 Å². The predicted octanol–water partition coefficient (Wildman–Crippen LogP) is 2.79. The second-order valence-corrected chi connectivity index (χ2v) is 9.66. The van der Waals surface area contributed by atoms with Crippen molar-refractivity contribution in [3.05, 3.63) is 34.9 Å². The molecule has 1 N–H and O–H groups in total. The summed E-state index contributed by atoms with van der Waals surface area (Å²) in [4.78, 5) is 12.6. The summed E-state index contributed by atoms with van der Waals surface area (Å²) >= 11 is 6.13. The van der Waals surface area contributed by atoms with Gasteiger partial charge in [0.25, 0.3) is 10.2 Å². The molecule has 0 unspecified atom stereocenters. The van der Waals surface area contributed by atoms with Gasteiger partial charge in [-0.25, -0.2) is 0 Å². The van der Waals surface area contributed by atoms with Crippen LogP contribution in [-0.2, 0) is 21.5 Å². The highest BCUT2D eigenvalue weighted by Gasteiger charge is 2.35. The Bertz CT molecular complexity index is 748. The van der Waals surface area contributed by atoms with Crippen LogP contribution in [0.2, 0.25) is 5.02 Å². The van der Waals surface area contributed by atoms with Gasteiger partial charge in [0.2, 0.25) is 5.91 Å². The van der Waals surface area contributed by atoms with E-state index in [0.29, 0.717) is 44.0 Å². The summed E-state index contributed by atoms with van der Waals surface area (Å²) in [6, 6.07) is 7.39. The number of benzene rings is 1. The molecule has 2 fully saturated rings. The van der Waals surface area contributed by atoms with Crippen molar-refractivity contribution in [1.82, 2.24) is 13.9 Å². The first kappa shape index (κ1) is 20.6. The summed E-state index contributed by atoms with van der Waals surface area (Å²) in [6.07, 6.45) is 5.40. The summed E-state index contributed by atoms with van der Waals surface area (Å²) in [7, 11) is -3.48. The van der Waals surface area contributed by atoms with Crippen molar-refractivity contribution in [2.24, 2.45) is 5.92 Å². The van der Waals surface area contributed by atoms with Gasteiger partial charge in [-0.2, -0.15) is 17.0 Å². The molecule has 0 spiro atoms. The zero-order valence-electron chi connectivity index (χ0n) is 15.6. The molecule has 2 aliphatic rings. The molecule has 3 rings (SSSR count). The Balaban J connectivity index is 1.59. The monoisotopic (exact) mass is 413 g/mol. The summed E-state index contributed by atoms with van der Waals surface area (Å²) in [6.45, 7) is 2.28. The van der Waals surface area contributed by atoms with Crippen LogP contribution in [0.15, 0.2) is 24.3 Å². The third-order valence-electron chi connectivity index (χ3n) is 5.38. The van der Waals surface area contributed by atoms with E-state index in [2.05, 4.69) is 5.32 Å². The fourth-order valence-electron chi connectivity index (χ4n) is 3.77.